The molecule has 4 nitrogen and oxygen atoms in total. The van der Waals surface area contributed by atoms with Crippen LogP contribution in [0.15, 0.2) is 0 Å². The summed E-state index contributed by atoms with van der Waals surface area (Å²) in [6.45, 7) is 1.19. The van der Waals surface area contributed by atoms with E-state index >= 15 is 0 Å². The summed E-state index contributed by atoms with van der Waals surface area (Å²) < 4.78 is 10.8. The smallest absolute Gasteiger partial charge is 0.313 e. The zero-order valence-corrected chi connectivity index (χ0v) is 11.3. The Labute approximate surface area is 109 Å². The lowest BCUT2D eigenvalue weighted by molar-refractivity contribution is -0.156. The molecule has 2 unspecified atom stereocenters. The summed E-state index contributed by atoms with van der Waals surface area (Å²) in [5, 5.41) is 0. The van der Waals surface area contributed by atoms with Crippen LogP contribution in [0.5, 0.6) is 0 Å². The lowest BCUT2D eigenvalue weighted by Gasteiger charge is -2.34. The number of nitrogens with two attached hydrogens (primary N) is 1. The molecule has 0 radical (unpaired) electrons. The Balaban J connectivity index is 2.02. The molecule has 0 spiro atoms. The SMILES string of the molecule is COC(=O)C(CN)(CC1CC1)CC1CCCCO1. The van der Waals surface area contributed by atoms with Gasteiger partial charge in [-0.2, -0.15) is 0 Å². The van der Waals surface area contributed by atoms with Crippen molar-refractivity contribution >= 4 is 5.97 Å². The summed E-state index contributed by atoms with van der Waals surface area (Å²) in [6, 6.07) is 0. The third-order valence-corrected chi connectivity index (χ3v) is 4.28. The first-order valence-electron chi connectivity index (χ1n) is 7.10. The van der Waals surface area contributed by atoms with Crippen LogP contribution in [-0.2, 0) is 14.3 Å². The molecular formula is C14H25NO3. The van der Waals surface area contributed by atoms with Crippen molar-refractivity contribution in [1.82, 2.24) is 0 Å². The van der Waals surface area contributed by atoms with Gasteiger partial charge in [0.25, 0.3) is 0 Å². The van der Waals surface area contributed by atoms with Crippen molar-refractivity contribution in [2.75, 3.05) is 20.3 Å². The molecule has 1 saturated carbocycles. The molecule has 104 valence electrons. The van der Waals surface area contributed by atoms with Gasteiger partial charge < -0.3 is 15.2 Å². The molecule has 2 aliphatic rings. The van der Waals surface area contributed by atoms with Crippen molar-refractivity contribution in [3.8, 4) is 0 Å². The Hall–Kier alpha value is -0.610. The summed E-state index contributed by atoms with van der Waals surface area (Å²) >= 11 is 0. The molecule has 0 amide bonds. The van der Waals surface area contributed by atoms with Crippen molar-refractivity contribution < 1.29 is 14.3 Å². The van der Waals surface area contributed by atoms with Gasteiger partial charge in [-0.3, -0.25) is 4.79 Å². The highest BCUT2D eigenvalue weighted by atomic mass is 16.5. The Morgan fingerprint density at radius 2 is 2.11 bits per heavy atom. The highest BCUT2D eigenvalue weighted by Gasteiger charge is 2.44. The fraction of sp³-hybridized carbons (Fsp3) is 0.929. The lowest BCUT2D eigenvalue weighted by Crippen LogP contribution is -2.43. The fourth-order valence-corrected chi connectivity index (χ4v) is 3.00. The monoisotopic (exact) mass is 255 g/mol. The average Bonchev–Trinajstić information content (AvgIpc) is 3.22. The summed E-state index contributed by atoms with van der Waals surface area (Å²) in [5.74, 6) is 0.516. The second-order valence-corrected chi connectivity index (χ2v) is 5.82. The van der Waals surface area contributed by atoms with E-state index in [4.69, 9.17) is 15.2 Å². The number of hydrogen-bond donors (Lipinski definition) is 1. The fourth-order valence-electron chi connectivity index (χ4n) is 3.00. The molecule has 1 saturated heterocycles. The van der Waals surface area contributed by atoms with E-state index in [0.29, 0.717) is 12.5 Å². The van der Waals surface area contributed by atoms with Gasteiger partial charge in [0.2, 0.25) is 0 Å². The van der Waals surface area contributed by atoms with E-state index < -0.39 is 5.41 Å². The van der Waals surface area contributed by atoms with Crippen LogP contribution in [0.4, 0.5) is 0 Å². The zero-order chi connectivity index (χ0) is 13.0. The predicted octanol–water partition coefficient (Wildman–Crippen LogP) is 1.86. The first kappa shape index (κ1) is 13.8. The van der Waals surface area contributed by atoms with Crippen LogP contribution in [-0.4, -0.2) is 32.3 Å². The minimum Gasteiger partial charge on any atom is -0.469 e. The number of esters is 1. The van der Waals surface area contributed by atoms with Gasteiger partial charge in [-0.15, -0.1) is 0 Å². The minimum atomic E-state index is -0.516. The van der Waals surface area contributed by atoms with Gasteiger partial charge in [0, 0.05) is 13.2 Å². The third-order valence-electron chi connectivity index (χ3n) is 4.28. The molecule has 0 aromatic carbocycles. The standard InChI is InChI=1S/C14H25NO3/c1-17-13(16)14(10-15,8-11-5-6-11)9-12-4-2-3-7-18-12/h11-12H,2-10,15H2,1H3. The minimum absolute atomic E-state index is 0.147. The third kappa shape index (κ3) is 3.23. The highest BCUT2D eigenvalue weighted by molar-refractivity contribution is 5.77. The molecule has 2 atom stereocenters. The molecule has 1 heterocycles. The summed E-state index contributed by atoms with van der Waals surface area (Å²) in [4.78, 5) is 12.1. The number of ether oxygens (including phenoxy) is 2. The van der Waals surface area contributed by atoms with Crippen LogP contribution < -0.4 is 5.73 Å². The summed E-state index contributed by atoms with van der Waals surface area (Å²) in [6.07, 6.45) is 7.60. The summed E-state index contributed by atoms with van der Waals surface area (Å²) in [7, 11) is 1.46. The molecule has 2 rings (SSSR count). The Bertz CT molecular complexity index is 285. The second-order valence-electron chi connectivity index (χ2n) is 5.82. The van der Waals surface area contributed by atoms with Crippen molar-refractivity contribution in [3.63, 3.8) is 0 Å². The second kappa shape index (κ2) is 6.02. The molecule has 2 N–H and O–H groups in total. The molecule has 0 aromatic heterocycles. The Kier molecular flexibility index (Phi) is 4.62. The zero-order valence-electron chi connectivity index (χ0n) is 11.3. The maximum atomic E-state index is 12.1. The van der Waals surface area contributed by atoms with Crippen molar-refractivity contribution in [3.05, 3.63) is 0 Å². The van der Waals surface area contributed by atoms with E-state index in [9.17, 15) is 4.79 Å². The maximum absolute atomic E-state index is 12.1. The van der Waals surface area contributed by atoms with Gasteiger partial charge in [0.15, 0.2) is 0 Å². The lowest BCUT2D eigenvalue weighted by atomic mass is 9.76. The number of carbonyl (C=O) groups is 1. The van der Waals surface area contributed by atoms with Crippen molar-refractivity contribution in [2.24, 2.45) is 17.1 Å². The van der Waals surface area contributed by atoms with Crippen LogP contribution >= 0.6 is 0 Å². The van der Waals surface area contributed by atoms with Gasteiger partial charge in [-0.25, -0.2) is 0 Å². The largest absolute Gasteiger partial charge is 0.469 e. The normalized spacial score (nSPS) is 27.6. The Morgan fingerprint density at radius 1 is 1.33 bits per heavy atom. The van der Waals surface area contributed by atoms with Gasteiger partial charge in [-0.05, 0) is 38.0 Å². The first-order valence-corrected chi connectivity index (χ1v) is 7.10. The van der Waals surface area contributed by atoms with Gasteiger partial charge in [-0.1, -0.05) is 12.8 Å². The van der Waals surface area contributed by atoms with E-state index in [1.807, 2.05) is 0 Å². The Morgan fingerprint density at radius 3 is 2.61 bits per heavy atom. The van der Waals surface area contributed by atoms with Crippen LogP contribution in [0.2, 0.25) is 0 Å². The van der Waals surface area contributed by atoms with Crippen molar-refractivity contribution in [2.45, 2.75) is 51.0 Å². The summed E-state index contributed by atoms with van der Waals surface area (Å²) in [5.41, 5.74) is 5.41. The topological polar surface area (TPSA) is 61.5 Å². The van der Waals surface area contributed by atoms with Gasteiger partial charge in [0.1, 0.15) is 0 Å². The van der Waals surface area contributed by atoms with Crippen LogP contribution in [0.25, 0.3) is 0 Å². The van der Waals surface area contributed by atoms with E-state index in [2.05, 4.69) is 0 Å². The average molecular weight is 255 g/mol. The number of methoxy groups -OCH3 is 1. The molecule has 4 heteroatoms. The van der Waals surface area contributed by atoms with E-state index in [1.54, 1.807) is 0 Å². The van der Waals surface area contributed by atoms with Crippen molar-refractivity contribution in [1.29, 1.82) is 0 Å². The molecule has 18 heavy (non-hydrogen) atoms. The van der Waals surface area contributed by atoms with Crippen LogP contribution in [0.1, 0.15) is 44.9 Å². The highest BCUT2D eigenvalue weighted by Crippen LogP contribution is 2.43. The quantitative estimate of drug-likeness (QED) is 0.736. The molecule has 0 bridgehead atoms. The molecule has 0 aromatic rings. The molecule has 1 aliphatic heterocycles. The van der Waals surface area contributed by atoms with E-state index in [-0.39, 0.29) is 12.1 Å². The van der Waals surface area contributed by atoms with E-state index in [0.717, 1.165) is 32.3 Å². The predicted molar refractivity (Wildman–Crippen MR) is 69.1 cm³/mol. The molecular weight excluding hydrogens is 230 g/mol. The van der Waals surface area contributed by atoms with Crippen LogP contribution in [0.3, 0.4) is 0 Å². The maximum Gasteiger partial charge on any atom is 0.313 e. The van der Waals surface area contributed by atoms with Crippen LogP contribution in [0, 0.1) is 11.3 Å². The first-order chi connectivity index (χ1) is 8.70. The number of carbonyl (C=O) groups excluding carboxylic acids is 1. The number of rotatable bonds is 6. The molecule has 2 fully saturated rings. The molecule has 1 aliphatic carbocycles. The number of hydrogen-bond acceptors (Lipinski definition) is 4. The van der Waals surface area contributed by atoms with Gasteiger partial charge >= 0.3 is 5.97 Å². The van der Waals surface area contributed by atoms with Gasteiger partial charge in [0.05, 0.1) is 18.6 Å². The van der Waals surface area contributed by atoms with E-state index in [1.165, 1.54) is 26.4 Å².